The first-order chi connectivity index (χ1) is 7.53. The van der Waals surface area contributed by atoms with Gasteiger partial charge in [0.1, 0.15) is 0 Å². The van der Waals surface area contributed by atoms with Crippen molar-refractivity contribution in [2.75, 3.05) is 14.2 Å². The van der Waals surface area contributed by atoms with Crippen molar-refractivity contribution in [2.24, 2.45) is 0 Å². The molecule has 0 N–H and O–H groups in total. The lowest BCUT2D eigenvalue weighted by Crippen LogP contribution is -2.24. The Morgan fingerprint density at radius 2 is 1.75 bits per heavy atom. The van der Waals surface area contributed by atoms with Crippen molar-refractivity contribution in [3.05, 3.63) is 0 Å². The smallest absolute Gasteiger partial charge is 0.245 e. The average Bonchev–Trinajstić information content (AvgIpc) is 2.29. The van der Waals surface area contributed by atoms with E-state index >= 15 is 0 Å². The van der Waals surface area contributed by atoms with Crippen LogP contribution in [0.1, 0.15) is 39.5 Å². The molecule has 0 saturated carbocycles. The molecule has 0 bridgehead atoms. The Bertz CT molecular complexity index is 243. The molecule has 0 saturated heterocycles. The minimum absolute atomic E-state index is 0.0278. The third kappa shape index (κ3) is 10.7. The highest BCUT2D eigenvalue weighted by atomic mass is 16.7. The molecule has 1 amide bonds. The first kappa shape index (κ1) is 17.1. The summed E-state index contributed by atoms with van der Waals surface area (Å²) in [6.45, 7) is 3.89. The molecular weight excluding hydrogens is 206 g/mol. The van der Waals surface area contributed by atoms with Gasteiger partial charge in [0.15, 0.2) is 0 Å². The Kier molecular flexibility index (Phi) is 12.5. The number of carbonyl (C=O) groups is 2. The van der Waals surface area contributed by atoms with E-state index in [0.717, 1.165) is 12.8 Å². The van der Waals surface area contributed by atoms with Crippen LogP contribution >= 0.6 is 0 Å². The minimum Gasteiger partial charge on any atom is -0.285 e. The van der Waals surface area contributed by atoms with Gasteiger partial charge in [-0.3, -0.25) is 14.4 Å². The molecule has 4 nitrogen and oxygen atoms in total. The molecule has 4 heteroatoms. The van der Waals surface area contributed by atoms with Crippen molar-refractivity contribution >= 4 is 11.7 Å². The predicted molar refractivity (Wildman–Crippen MR) is 63.4 cm³/mol. The van der Waals surface area contributed by atoms with Crippen LogP contribution < -0.4 is 0 Å². The van der Waals surface area contributed by atoms with Crippen LogP contribution in [0.25, 0.3) is 0 Å². The van der Waals surface area contributed by atoms with Gasteiger partial charge in [-0.05, 0) is 18.8 Å². The number of ketones is 1. The number of nitrogens with zero attached hydrogens (tertiary/aromatic N) is 1. The van der Waals surface area contributed by atoms with Crippen LogP contribution in [0, 0.1) is 12.3 Å². The Morgan fingerprint density at radius 3 is 2.00 bits per heavy atom. The van der Waals surface area contributed by atoms with Gasteiger partial charge < -0.3 is 0 Å². The molecule has 0 aromatic rings. The van der Waals surface area contributed by atoms with Gasteiger partial charge in [-0.25, -0.2) is 5.06 Å². The molecule has 0 aromatic carbocycles. The largest absolute Gasteiger partial charge is 0.285 e. The number of hydrogen-bond donors (Lipinski definition) is 0. The van der Waals surface area contributed by atoms with E-state index in [4.69, 9.17) is 6.42 Å². The number of Topliss-reactive ketones (excluding diaryl/α,β-unsaturated/α-hetero) is 1. The molecule has 0 fully saturated rings. The summed E-state index contributed by atoms with van der Waals surface area (Å²) >= 11 is 0. The molecule has 0 heterocycles. The fourth-order valence-corrected chi connectivity index (χ4v) is 0.772. The van der Waals surface area contributed by atoms with Crippen molar-refractivity contribution in [1.82, 2.24) is 5.06 Å². The fraction of sp³-hybridized carbons (Fsp3) is 0.667. The normalized spacial score (nSPS) is 8.44. The second-order valence-corrected chi connectivity index (χ2v) is 3.14. The highest BCUT2D eigenvalue weighted by Crippen LogP contribution is 1.92. The SMILES string of the molecule is C#CC(=O)CCC.CCCC(=O)N(C)OC. The maximum Gasteiger partial charge on any atom is 0.245 e. The molecule has 16 heavy (non-hydrogen) atoms. The predicted octanol–water partition coefficient (Wildman–Crippen LogP) is 1.80. The first-order valence-electron chi connectivity index (χ1n) is 5.33. The lowest BCUT2D eigenvalue weighted by molar-refractivity contribution is -0.168. The highest BCUT2D eigenvalue weighted by molar-refractivity contribution is 5.94. The van der Waals surface area contributed by atoms with Crippen LogP contribution in [0.3, 0.4) is 0 Å². The molecular formula is C12H21NO3. The van der Waals surface area contributed by atoms with Crippen molar-refractivity contribution < 1.29 is 14.4 Å². The van der Waals surface area contributed by atoms with E-state index in [2.05, 4.69) is 4.84 Å². The topological polar surface area (TPSA) is 46.6 Å². The lowest BCUT2D eigenvalue weighted by Gasteiger charge is -2.11. The zero-order chi connectivity index (χ0) is 13.0. The standard InChI is InChI=1S/C6H13NO2.C6H8O/c1-4-5-6(8)7(2)9-3;1-3-5-6(7)4-2/h4-5H2,1-3H3;2H,3,5H2,1H3. The van der Waals surface area contributed by atoms with E-state index in [1.807, 2.05) is 19.8 Å². The number of terminal acetylenes is 1. The number of hydrogen-bond acceptors (Lipinski definition) is 3. The van der Waals surface area contributed by atoms with Gasteiger partial charge in [-0.15, -0.1) is 6.42 Å². The van der Waals surface area contributed by atoms with Crippen LogP contribution in [-0.4, -0.2) is 30.9 Å². The second kappa shape index (κ2) is 11.7. The van der Waals surface area contributed by atoms with Crippen molar-refractivity contribution in [1.29, 1.82) is 0 Å². The van der Waals surface area contributed by atoms with E-state index in [1.54, 1.807) is 7.05 Å². The second-order valence-electron chi connectivity index (χ2n) is 3.14. The average molecular weight is 227 g/mol. The van der Waals surface area contributed by atoms with Crippen LogP contribution in [0.15, 0.2) is 0 Å². The van der Waals surface area contributed by atoms with Gasteiger partial charge in [0, 0.05) is 19.9 Å². The van der Waals surface area contributed by atoms with Crippen LogP contribution in [0.2, 0.25) is 0 Å². The molecule has 92 valence electrons. The van der Waals surface area contributed by atoms with Gasteiger partial charge in [0.05, 0.1) is 7.11 Å². The Balaban J connectivity index is 0. The van der Waals surface area contributed by atoms with Gasteiger partial charge in [-0.1, -0.05) is 13.8 Å². The summed E-state index contributed by atoms with van der Waals surface area (Å²) in [7, 11) is 3.09. The number of carbonyl (C=O) groups excluding carboxylic acids is 2. The van der Waals surface area contributed by atoms with Gasteiger partial charge >= 0.3 is 0 Å². The number of hydroxylamine groups is 2. The van der Waals surface area contributed by atoms with Gasteiger partial charge in [0.25, 0.3) is 0 Å². The molecule has 0 radical (unpaired) electrons. The lowest BCUT2D eigenvalue weighted by atomic mass is 10.2. The minimum atomic E-state index is -0.0949. The van der Waals surface area contributed by atoms with E-state index < -0.39 is 0 Å². The fourth-order valence-electron chi connectivity index (χ4n) is 0.772. The molecule has 0 aliphatic carbocycles. The quantitative estimate of drug-likeness (QED) is 0.409. The summed E-state index contributed by atoms with van der Waals surface area (Å²) in [5, 5.41) is 1.24. The molecule has 0 atom stereocenters. The van der Waals surface area contributed by atoms with Crippen LogP contribution in [-0.2, 0) is 14.4 Å². The van der Waals surface area contributed by atoms with E-state index in [9.17, 15) is 9.59 Å². The molecule has 0 rings (SSSR count). The summed E-state index contributed by atoms with van der Waals surface area (Å²) < 4.78 is 0. The molecule has 0 aromatic heterocycles. The van der Waals surface area contributed by atoms with E-state index in [1.165, 1.54) is 12.2 Å². The molecule has 0 unspecified atom stereocenters. The summed E-state index contributed by atoms with van der Waals surface area (Å²) in [6, 6.07) is 0. The summed E-state index contributed by atoms with van der Waals surface area (Å²) in [5.41, 5.74) is 0. The Hall–Kier alpha value is -1.34. The highest BCUT2D eigenvalue weighted by Gasteiger charge is 2.03. The van der Waals surface area contributed by atoms with E-state index in [0.29, 0.717) is 12.8 Å². The third-order valence-electron chi connectivity index (χ3n) is 1.73. The maximum atomic E-state index is 10.8. The molecule has 0 aliphatic heterocycles. The molecule has 0 spiro atoms. The maximum absolute atomic E-state index is 10.8. The zero-order valence-corrected chi connectivity index (χ0v) is 10.6. The van der Waals surface area contributed by atoms with Gasteiger partial charge in [0.2, 0.25) is 11.7 Å². The summed E-state index contributed by atoms with van der Waals surface area (Å²) in [5.74, 6) is 1.96. The zero-order valence-electron chi connectivity index (χ0n) is 10.6. The molecule has 0 aliphatic rings. The monoisotopic (exact) mass is 227 g/mol. The summed E-state index contributed by atoms with van der Waals surface area (Å²) in [4.78, 5) is 25.6. The van der Waals surface area contributed by atoms with Crippen molar-refractivity contribution in [3.8, 4) is 12.3 Å². The third-order valence-corrected chi connectivity index (χ3v) is 1.73. The first-order valence-corrected chi connectivity index (χ1v) is 5.33. The van der Waals surface area contributed by atoms with Crippen LogP contribution in [0.4, 0.5) is 0 Å². The number of amides is 1. The Morgan fingerprint density at radius 1 is 1.25 bits per heavy atom. The summed E-state index contributed by atoms with van der Waals surface area (Å²) in [6.07, 6.45) is 7.56. The van der Waals surface area contributed by atoms with Gasteiger partial charge in [-0.2, -0.15) is 0 Å². The number of rotatable bonds is 5. The Labute approximate surface area is 97.9 Å². The van der Waals surface area contributed by atoms with Crippen molar-refractivity contribution in [2.45, 2.75) is 39.5 Å². The van der Waals surface area contributed by atoms with Crippen molar-refractivity contribution in [3.63, 3.8) is 0 Å². The van der Waals surface area contributed by atoms with E-state index in [-0.39, 0.29) is 11.7 Å². The van der Waals surface area contributed by atoms with Crippen LogP contribution in [0.5, 0.6) is 0 Å².